The van der Waals surface area contributed by atoms with Crippen LogP contribution in [0.2, 0.25) is 0 Å². The summed E-state index contributed by atoms with van der Waals surface area (Å²) in [6, 6.07) is 0.445. The van der Waals surface area contributed by atoms with Crippen molar-refractivity contribution >= 4 is 21.7 Å². The van der Waals surface area contributed by atoms with E-state index in [1.807, 2.05) is 4.90 Å². The van der Waals surface area contributed by atoms with Crippen LogP contribution < -0.4 is 5.73 Å². The van der Waals surface area contributed by atoms with Crippen LogP contribution in [-0.2, 0) is 19.4 Å². The molecule has 1 saturated heterocycles. The molecular weight excluding hydrogens is 438 g/mol. The molecule has 188 valence electrons. The first-order chi connectivity index (χ1) is 15.6. The van der Waals surface area contributed by atoms with Gasteiger partial charge in [-0.2, -0.15) is 0 Å². The van der Waals surface area contributed by atoms with Crippen LogP contribution in [0.15, 0.2) is 0 Å². The topological polar surface area (TPSA) is 101 Å². The number of sulfone groups is 1. The molecule has 0 aromatic rings. The molecule has 3 aliphatic carbocycles. The molecule has 7 nitrogen and oxygen atoms in total. The third kappa shape index (κ3) is 5.26. The number of hydrogen-bond donors (Lipinski definition) is 1. The number of amides is 2. The average Bonchev–Trinajstić information content (AvgIpc) is 2.77. The van der Waals surface area contributed by atoms with Crippen molar-refractivity contribution in [1.29, 1.82) is 0 Å². The van der Waals surface area contributed by atoms with Crippen LogP contribution in [-0.4, -0.2) is 72.2 Å². The van der Waals surface area contributed by atoms with Gasteiger partial charge < -0.3 is 15.5 Å². The number of nitrogens with zero attached hydrogens (tertiary/aromatic N) is 2. The molecule has 8 heteroatoms. The first-order valence-electron chi connectivity index (χ1n) is 13.1. The maximum absolute atomic E-state index is 13.7. The summed E-state index contributed by atoms with van der Waals surface area (Å²) in [7, 11) is -2.96. The summed E-state index contributed by atoms with van der Waals surface area (Å²) < 4.78 is 24.0. The lowest BCUT2D eigenvalue weighted by Gasteiger charge is -2.55. The van der Waals surface area contributed by atoms with Crippen LogP contribution in [0.25, 0.3) is 0 Å². The monoisotopic (exact) mass is 481 g/mol. The van der Waals surface area contributed by atoms with Gasteiger partial charge in [-0.3, -0.25) is 9.59 Å². The number of hydrogen-bond acceptors (Lipinski definition) is 5. The lowest BCUT2D eigenvalue weighted by Crippen LogP contribution is -2.67. The van der Waals surface area contributed by atoms with Gasteiger partial charge in [-0.25, -0.2) is 8.42 Å². The largest absolute Gasteiger partial charge is 0.335 e. The van der Waals surface area contributed by atoms with Gasteiger partial charge >= 0.3 is 0 Å². The lowest BCUT2D eigenvalue weighted by molar-refractivity contribution is -0.158. The highest BCUT2D eigenvalue weighted by atomic mass is 32.2. The zero-order valence-corrected chi connectivity index (χ0v) is 21.4. The van der Waals surface area contributed by atoms with E-state index in [4.69, 9.17) is 5.73 Å². The molecule has 33 heavy (non-hydrogen) atoms. The number of carbonyl (C=O) groups excluding carboxylic acids is 2. The molecule has 3 saturated carbocycles. The lowest BCUT2D eigenvalue weighted by atomic mass is 9.69. The Morgan fingerprint density at radius 3 is 2.03 bits per heavy atom. The summed E-state index contributed by atoms with van der Waals surface area (Å²) in [5.74, 6) is 1.48. The maximum Gasteiger partial charge on any atom is 0.226 e. The van der Waals surface area contributed by atoms with Gasteiger partial charge in [0.15, 0.2) is 0 Å². The van der Waals surface area contributed by atoms with E-state index < -0.39 is 9.84 Å². The van der Waals surface area contributed by atoms with Crippen molar-refractivity contribution in [3.8, 4) is 0 Å². The molecule has 1 aliphatic heterocycles. The predicted octanol–water partition coefficient (Wildman–Crippen LogP) is 2.72. The molecule has 4 atom stereocenters. The zero-order chi connectivity index (χ0) is 23.9. The Hall–Kier alpha value is -1.15. The fraction of sp³-hybridized carbons (Fsp3) is 0.920. The van der Waals surface area contributed by atoms with E-state index in [2.05, 4.69) is 11.8 Å². The standard InChI is InChI=1S/C25H43N3O4S/c1-16-15-27(25(30)19-4-9-21(26)10-5-19)24-14-20(8-13-23(24)28(16)17(2)29)18-6-11-22(12-7-18)33(3,31)32/h16,18-24H,4-15,26H2,1-3H3/t16-,18?,19?,20?,21?,22?,23?,24?/m0/s1. The van der Waals surface area contributed by atoms with Crippen LogP contribution in [0.4, 0.5) is 0 Å². The third-order valence-corrected chi connectivity index (χ3v) is 11.0. The van der Waals surface area contributed by atoms with Crippen molar-refractivity contribution in [3.05, 3.63) is 0 Å². The van der Waals surface area contributed by atoms with Crippen LogP contribution in [0, 0.1) is 17.8 Å². The summed E-state index contributed by atoms with van der Waals surface area (Å²) in [5.41, 5.74) is 6.09. The van der Waals surface area contributed by atoms with Gasteiger partial charge in [0.1, 0.15) is 9.84 Å². The van der Waals surface area contributed by atoms with Crippen molar-refractivity contribution < 1.29 is 18.0 Å². The Kier molecular flexibility index (Phi) is 7.44. The first-order valence-corrected chi connectivity index (χ1v) is 15.1. The van der Waals surface area contributed by atoms with E-state index in [1.165, 1.54) is 6.26 Å². The molecule has 0 aromatic carbocycles. The van der Waals surface area contributed by atoms with E-state index in [0.717, 1.165) is 70.6 Å². The van der Waals surface area contributed by atoms with Gasteiger partial charge in [-0.05, 0) is 89.4 Å². The quantitative estimate of drug-likeness (QED) is 0.668. The first kappa shape index (κ1) is 25.0. The highest BCUT2D eigenvalue weighted by Crippen LogP contribution is 2.44. The number of piperazine rings is 1. The number of rotatable bonds is 3. The summed E-state index contributed by atoms with van der Waals surface area (Å²) in [6.45, 7) is 4.36. The second-order valence-electron chi connectivity index (χ2n) is 11.5. The van der Waals surface area contributed by atoms with E-state index in [1.54, 1.807) is 6.92 Å². The molecular formula is C25H43N3O4S. The Morgan fingerprint density at radius 1 is 0.848 bits per heavy atom. The van der Waals surface area contributed by atoms with Crippen LogP contribution in [0.3, 0.4) is 0 Å². The number of nitrogens with two attached hydrogens (primary N) is 1. The highest BCUT2D eigenvalue weighted by Gasteiger charge is 2.48. The zero-order valence-electron chi connectivity index (χ0n) is 20.6. The Labute approximate surface area is 199 Å². The van der Waals surface area contributed by atoms with E-state index in [0.29, 0.717) is 18.4 Å². The molecule has 4 rings (SSSR count). The predicted molar refractivity (Wildman–Crippen MR) is 129 cm³/mol. The summed E-state index contributed by atoms with van der Waals surface area (Å²) in [4.78, 5) is 30.4. The normalized spacial score (nSPS) is 40.2. The minimum absolute atomic E-state index is 0.0419. The van der Waals surface area contributed by atoms with E-state index in [-0.39, 0.29) is 47.1 Å². The minimum atomic E-state index is -2.96. The molecule has 3 unspecified atom stereocenters. The van der Waals surface area contributed by atoms with Crippen molar-refractivity contribution in [1.82, 2.24) is 9.80 Å². The summed E-state index contributed by atoms with van der Waals surface area (Å²) in [6.07, 6.45) is 11.3. The third-order valence-electron chi connectivity index (χ3n) is 9.27. The van der Waals surface area contributed by atoms with Crippen LogP contribution in [0.1, 0.15) is 84.5 Å². The molecule has 2 N–H and O–H groups in total. The Morgan fingerprint density at radius 2 is 1.45 bits per heavy atom. The van der Waals surface area contributed by atoms with Crippen molar-refractivity contribution in [2.45, 2.75) is 114 Å². The van der Waals surface area contributed by atoms with Gasteiger partial charge in [0.05, 0.1) is 17.3 Å². The highest BCUT2D eigenvalue weighted by molar-refractivity contribution is 7.91. The maximum atomic E-state index is 13.7. The van der Waals surface area contributed by atoms with Crippen molar-refractivity contribution in [3.63, 3.8) is 0 Å². The van der Waals surface area contributed by atoms with E-state index in [9.17, 15) is 18.0 Å². The summed E-state index contributed by atoms with van der Waals surface area (Å²) in [5, 5.41) is -0.190. The van der Waals surface area contributed by atoms with Crippen molar-refractivity contribution in [2.24, 2.45) is 23.5 Å². The fourth-order valence-electron chi connectivity index (χ4n) is 7.47. The van der Waals surface area contributed by atoms with Crippen molar-refractivity contribution in [2.75, 3.05) is 12.8 Å². The van der Waals surface area contributed by atoms with Gasteiger partial charge in [0.25, 0.3) is 0 Å². The van der Waals surface area contributed by atoms with Crippen LogP contribution >= 0.6 is 0 Å². The molecule has 4 aliphatic rings. The Bertz CT molecular complexity index is 831. The second-order valence-corrected chi connectivity index (χ2v) is 13.8. The Balaban J connectivity index is 1.49. The molecule has 0 bridgehead atoms. The van der Waals surface area contributed by atoms with Gasteiger partial charge in [-0.15, -0.1) is 0 Å². The number of carbonyl (C=O) groups is 2. The molecule has 0 spiro atoms. The van der Waals surface area contributed by atoms with E-state index >= 15 is 0 Å². The molecule has 2 amide bonds. The second kappa shape index (κ2) is 9.84. The number of fused-ring (bicyclic) bond motifs is 1. The summed E-state index contributed by atoms with van der Waals surface area (Å²) >= 11 is 0. The molecule has 0 aromatic heterocycles. The average molecular weight is 482 g/mol. The SMILES string of the molecule is CC(=O)N1C2CCC(C3CCC(S(C)(=O)=O)CC3)CC2N(C(=O)C2CCC(N)CC2)C[C@@H]1C. The van der Waals surface area contributed by atoms with Gasteiger partial charge in [0.2, 0.25) is 11.8 Å². The van der Waals surface area contributed by atoms with Crippen LogP contribution in [0.5, 0.6) is 0 Å². The minimum Gasteiger partial charge on any atom is -0.335 e. The molecule has 1 heterocycles. The van der Waals surface area contributed by atoms with Gasteiger partial charge in [0, 0.05) is 37.7 Å². The molecule has 4 fully saturated rings. The molecule has 0 radical (unpaired) electrons. The fourth-order valence-corrected chi connectivity index (χ4v) is 8.60. The van der Waals surface area contributed by atoms with Gasteiger partial charge in [-0.1, -0.05) is 0 Å². The smallest absolute Gasteiger partial charge is 0.226 e.